The Bertz CT molecular complexity index is 1910. The molecular formula is C53H90BN9O16. The second-order valence-electron chi connectivity index (χ2n) is 16.2. The summed E-state index contributed by atoms with van der Waals surface area (Å²) in [6, 6.07) is 4.88. The van der Waals surface area contributed by atoms with Gasteiger partial charge in [-0.3, -0.25) is 24.1 Å². The number of imide groups is 1. The molecule has 1 aromatic carbocycles. The second-order valence-corrected chi connectivity index (χ2v) is 16.2. The molecular weight excluding hydrogens is 1030 g/mol. The highest BCUT2D eigenvalue weighted by molar-refractivity contribution is 6.12. The van der Waals surface area contributed by atoms with Crippen molar-refractivity contribution < 1.29 is 76.1 Å². The number of amides is 6. The van der Waals surface area contributed by atoms with E-state index in [0.717, 1.165) is 33.8 Å². The maximum atomic E-state index is 11.9. The van der Waals surface area contributed by atoms with Crippen molar-refractivity contribution in [2.75, 3.05) is 151 Å². The number of primary amides is 1. The predicted molar refractivity (Wildman–Crippen MR) is 298 cm³/mol. The lowest BCUT2D eigenvalue weighted by molar-refractivity contribution is -0.138. The number of terminal acetylenes is 1. The zero-order valence-corrected chi connectivity index (χ0v) is 47.7. The van der Waals surface area contributed by atoms with E-state index >= 15 is 0 Å². The van der Waals surface area contributed by atoms with Crippen LogP contribution in [0, 0.1) is 18.8 Å². The van der Waals surface area contributed by atoms with Crippen molar-refractivity contribution in [1.29, 1.82) is 0 Å². The number of methoxy groups -OCH3 is 1. The van der Waals surface area contributed by atoms with Crippen molar-refractivity contribution in [3.8, 4) is 12.8 Å². The highest BCUT2D eigenvalue weighted by Gasteiger charge is 2.24. The van der Waals surface area contributed by atoms with Crippen LogP contribution in [0.4, 0.5) is 10.5 Å². The molecule has 25 nitrogen and oxygen atoms in total. The number of ether oxygens (including phenoxy) is 10. The van der Waals surface area contributed by atoms with E-state index in [0.29, 0.717) is 138 Å². The Morgan fingerprint density at radius 2 is 1.23 bits per heavy atom. The van der Waals surface area contributed by atoms with Crippen molar-refractivity contribution in [3.05, 3.63) is 53.4 Å². The third kappa shape index (κ3) is 41.8. The first-order valence-electron chi connectivity index (χ1n) is 26.4. The molecule has 2 heterocycles. The number of carbonyl (C=O) groups is 6. The van der Waals surface area contributed by atoms with Crippen molar-refractivity contribution in [2.45, 2.75) is 79.6 Å². The fraction of sp³-hybridized carbons (Fsp3) is 0.660. The van der Waals surface area contributed by atoms with Gasteiger partial charge in [0.2, 0.25) is 11.8 Å². The van der Waals surface area contributed by atoms with E-state index in [4.69, 9.17) is 60.9 Å². The van der Waals surface area contributed by atoms with E-state index in [2.05, 4.69) is 44.4 Å². The SMILES string of the molecule is C#C.CC.CC(C)C(NC(=O)CCOCCN1C(=O)C=CC1=O)C(=O)NCC=O.CCCNC(N)=O.[B]Cc1ccc(NC)cc1COCc1cn(CCOCCOCCOCCOCCOCCOCCOCCOC)nn1. The van der Waals surface area contributed by atoms with Gasteiger partial charge in [-0.15, -0.1) is 17.9 Å². The number of anilines is 1. The highest BCUT2D eigenvalue weighted by Crippen LogP contribution is 2.17. The van der Waals surface area contributed by atoms with Gasteiger partial charge in [-0.25, -0.2) is 9.48 Å². The molecule has 2 radical (unpaired) electrons. The molecule has 6 N–H and O–H groups in total. The number of aromatic nitrogens is 3. The molecule has 26 heteroatoms. The van der Waals surface area contributed by atoms with Crippen LogP contribution in [0.25, 0.3) is 0 Å². The number of urea groups is 1. The van der Waals surface area contributed by atoms with Gasteiger partial charge in [-0.2, -0.15) is 0 Å². The minimum atomic E-state index is -0.738. The number of hydrogen-bond acceptors (Lipinski definition) is 19. The van der Waals surface area contributed by atoms with Crippen molar-refractivity contribution in [3.63, 3.8) is 0 Å². The summed E-state index contributed by atoms with van der Waals surface area (Å²) in [5.74, 6) is -1.69. The Morgan fingerprint density at radius 1 is 0.722 bits per heavy atom. The molecule has 0 spiro atoms. The summed E-state index contributed by atoms with van der Waals surface area (Å²) in [7, 11) is 9.37. The summed E-state index contributed by atoms with van der Waals surface area (Å²) in [6.07, 6.45) is 14.2. The standard InChI is InChI=1S/C29H49BN4O9.C16H23N3O6.C4H10N2O.C2H6.C2H2/c1-31-28-4-3-26(22-30)27(21-28)24-43-25-29-23-34(33-32-29)5-6-36-9-10-38-13-14-40-17-18-42-20-19-41-16-15-39-12-11-37-8-7-35-2;1-11(2)15(16(24)17-6-8-20)18-12(21)5-9-25-10-7-19-13(22)3-4-14(19)23;1-2-3-6-4(5)7;2*1-2/h3-4,21,23,31H,5-20,22,24-25H2,1-2H3;3-4,8,11,15H,5-7,9-10H2,1-2H3,(H,17,24)(H,18,21);2-3H2,1H3,(H3,5,6,7);1-2H3;1-2H. The van der Waals surface area contributed by atoms with Gasteiger partial charge >= 0.3 is 6.03 Å². The van der Waals surface area contributed by atoms with Crippen LogP contribution in [0.2, 0.25) is 0 Å². The maximum absolute atomic E-state index is 11.9. The predicted octanol–water partition coefficient (Wildman–Crippen LogP) is 1.58. The van der Waals surface area contributed by atoms with Gasteiger partial charge in [0.1, 0.15) is 18.0 Å². The smallest absolute Gasteiger partial charge is 0.312 e. The summed E-state index contributed by atoms with van der Waals surface area (Å²) in [6.45, 7) is 19.8. The van der Waals surface area contributed by atoms with Gasteiger partial charge in [0, 0.05) is 45.0 Å². The number of aldehydes is 1. The van der Waals surface area contributed by atoms with E-state index in [1.54, 1.807) is 25.6 Å². The maximum Gasteiger partial charge on any atom is 0.312 e. The van der Waals surface area contributed by atoms with E-state index in [-0.39, 0.29) is 56.4 Å². The van der Waals surface area contributed by atoms with Gasteiger partial charge in [-0.05, 0) is 30.0 Å². The van der Waals surface area contributed by atoms with Crippen LogP contribution in [0.5, 0.6) is 0 Å². The van der Waals surface area contributed by atoms with Crippen LogP contribution in [0.1, 0.15) is 64.3 Å². The molecule has 1 aromatic heterocycles. The first-order valence-corrected chi connectivity index (χ1v) is 26.4. The lowest BCUT2D eigenvalue weighted by Gasteiger charge is -2.21. The third-order valence-corrected chi connectivity index (χ3v) is 9.94. The first kappa shape index (κ1) is 75.2. The third-order valence-electron chi connectivity index (χ3n) is 9.94. The molecule has 0 saturated carbocycles. The molecule has 0 saturated heterocycles. The first-order chi connectivity index (χ1) is 38.4. The molecule has 0 fully saturated rings. The largest absolute Gasteiger partial charge is 0.388 e. The Balaban J connectivity index is 0. The van der Waals surface area contributed by atoms with Crippen LogP contribution < -0.4 is 27.0 Å². The molecule has 1 aliphatic heterocycles. The molecule has 0 bridgehead atoms. The summed E-state index contributed by atoms with van der Waals surface area (Å²) in [4.78, 5) is 67.6. The normalized spacial score (nSPS) is 11.7. The Labute approximate surface area is 469 Å². The molecule has 446 valence electrons. The molecule has 1 atom stereocenters. The van der Waals surface area contributed by atoms with E-state index in [9.17, 15) is 28.8 Å². The Hall–Kier alpha value is -5.86. The number of benzene rings is 1. The number of nitrogens with one attached hydrogen (secondary N) is 4. The quantitative estimate of drug-likeness (QED) is 0.0207. The second kappa shape index (κ2) is 54.1. The number of carbonyl (C=O) groups excluding carboxylic acids is 6. The summed E-state index contributed by atoms with van der Waals surface area (Å²) >= 11 is 0. The zero-order chi connectivity index (χ0) is 59.2. The molecule has 3 rings (SSSR count). The van der Waals surface area contributed by atoms with Crippen molar-refractivity contribution in [1.82, 2.24) is 35.8 Å². The average Bonchev–Trinajstić information content (AvgIpc) is 4.06. The molecule has 1 unspecified atom stereocenters. The van der Waals surface area contributed by atoms with Gasteiger partial charge in [0.25, 0.3) is 11.8 Å². The van der Waals surface area contributed by atoms with E-state index < -0.39 is 18.0 Å². The Morgan fingerprint density at radius 3 is 1.68 bits per heavy atom. The van der Waals surface area contributed by atoms with Gasteiger partial charge in [0.05, 0.1) is 159 Å². The van der Waals surface area contributed by atoms with Gasteiger partial charge in [-0.1, -0.05) is 57.8 Å². The number of rotatable bonds is 43. The van der Waals surface area contributed by atoms with Gasteiger partial charge < -0.3 is 79.2 Å². The average molecular weight is 1120 g/mol. The fourth-order valence-corrected chi connectivity index (χ4v) is 5.97. The molecule has 2 aromatic rings. The molecule has 0 aliphatic carbocycles. The number of nitrogens with two attached hydrogens (primary N) is 1. The summed E-state index contributed by atoms with van der Waals surface area (Å²) in [5.41, 5.74) is 8.64. The molecule has 79 heavy (non-hydrogen) atoms. The van der Waals surface area contributed by atoms with Gasteiger partial charge in [0.15, 0.2) is 0 Å². The van der Waals surface area contributed by atoms with E-state index in [1.807, 2.05) is 52.2 Å². The van der Waals surface area contributed by atoms with Crippen LogP contribution in [0.3, 0.4) is 0 Å². The highest BCUT2D eigenvalue weighted by atomic mass is 16.6. The van der Waals surface area contributed by atoms with Crippen molar-refractivity contribution in [2.24, 2.45) is 11.7 Å². The number of hydrogen-bond donors (Lipinski definition) is 5. The molecule has 1 aliphatic rings. The lowest BCUT2D eigenvalue weighted by atomic mass is 9.93. The van der Waals surface area contributed by atoms with Crippen LogP contribution in [0.15, 0.2) is 36.5 Å². The minimum absolute atomic E-state index is 0.0321. The van der Waals surface area contributed by atoms with Crippen LogP contribution in [-0.2, 0) is 97.4 Å². The zero-order valence-electron chi connectivity index (χ0n) is 47.7. The summed E-state index contributed by atoms with van der Waals surface area (Å²) in [5, 5.41) is 18.9. The Kier molecular flexibility index (Phi) is 51.5. The minimum Gasteiger partial charge on any atom is -0.388 e. The van der Waals surface area contributed by atoms with Crippen LogP contribution >= 0.6 is 0 Å². The monoisotopic (exact) mass is 1120 g/mol. The van der Waals surface area contributed by atoms with Crippen molar-refractivity contribution >= 4 is 49.5 Å². The fourth-order valence-electron chi connectivity index (χ4n) is 5.97. The lowest BCUT2D eigenvalue weighted by Crippen LogP contribution is -2.50. The van der Waals surface area contributed by atoms with E-state index in [1.165, 1.54) is 12.2 Å². The topological polar surface area (TPSA) is 303 Å². The number of nitrogens with zero attached hydrogens (tertiary/aromatic N) is 4. The summed E-state index contributed by atoms with van der Waals surface area (Å²) < 4.78 is 56.0. The van der Waals surface area contributed by atoms with Crippen LogP contribution in [-0.4, -0.2) is 216 Å². The molecule has 6 amide bonds.